The van der Waals surface area contributed by atoms with Crippen LogP contribution < -0.4 is 5.43 Å². The van der Waals surface area contributed by atoms with E-state index in [9.17, 15) is 4.79 Å². The molecule has 20 heavy (non-hydrogen) atoms. The van der Waals surface area contributed by atoms with E-state index in [-0.39, 0.29) is 5.43 Å². The maximum atomic E-state index is 12.3. The average molecular weight is 304 g/mol. The van der Waals surface area contributed by atoms with E-state index in [1.165, 1.54) is 0 Å². The van der Waals surface area contributed by atoms with Crippen LogP contribution in [0.5, 0.6) is 0 Å². The largest absolute Gasteiger partial charge is 0.298 e. The molecule has 2 nitrogen and oxygen atoms in total. The Kier molecular flexibility index (Phi) is 3.28. The Morgan fingerprint density at radius 2 is 1.60 bits per heavy atom. The van der Waals surface area contributed by atoms with Gasteiger partial charge in [0, 0.05) is 10.9 Å². The molecule has 0 unspecified atom stereocenters. The Bertz CT molecular complexity index is 868. The molecular formula is C16H11Cl2NO. The van der Waals surface area contributed by atoms with Crippen molar-refractivity contribution in [2.24, 2.45) is 0 Å². The summed E-state index contributed by atoms with van der Waals surface area (Å²) in [6, 6.07) is 14.8. The SMILES string of the molecule is Cc1c(Cl)n(-c2ccccc2Cl)c2ccccc2c1=O. The van der Waals surface area contributed by atoms with Crippen molar-refractivity contribution in [3.63, 3.8) is 0 Å². The summed E-state index contributed by atoms with van der Waals surface area (Å²) in [7, 11) is 0. The predicted molar refractivity (Wildman–Crippen MR) is 84.3 cm³/mol. The number of rotatable bonds is 1. The number of halogens is 2. The van der Waals surface area contributed by atoms with Crippen LogP contribution in [0.3, 0.4) is 0 Å². The molecule has 0 radical (unpaired) electrons. The number of fused-ring (bicyclic) bond motifs is 1. The number of aromatic nitrogens is 1. The third kappa shape index (κ3) is 1.92. The van der Waals surface area contributed by atoms with E-state index < -0.39 is 0 Å². The minimum absolute atomic E-state index is 0.0473. The summed E-state index contributed by atoms with van der Waals surface area (Å²) in [6.07, 6.45) is 0. The van der Waals surface area contributed by atoms with E-state index in [2.05, 4.69) is 0 Å². The molecule has 3 rings (SSSR count). The number of hydrogen-bond acceptors (Lipinski definition) is 1. The van der Waals surface area contributed by atoms with Gasteiger partial charge in [-0.3, -0.25) is 9.36 Å². The smallest absolute Gasteiger partial charge is 0.193 e. The van der Waals surface area contributed by atoms with Gasteiger partial charge in [-0.15, -0.1) is 0 Å². The van der Waals surface area contributed by atoms with Crippen molar-refractivity contribution in [2.45, 2.75) is 6.92 Å². The predicted octanol–water partition coefficient (Wildman–Crippen LogP) is 4.61. The lowest BCUT2D eigenvalue weighted by atomic mass is 10.1. The van der Waals surface area contributed by atoms with Crippen LogP contribution in [0.4, 0.5) is 0 Å². The summed E-state index contributed by atoms with van der Waals surface area (Å²) >= 11 is 12.7. The third-order valence-corrected chi connectivity index (χ3v) is 4.10. The molecule has 1 heterocycles. The van der Waals surface area contributed by atoms with Crippen LogP contribution in [-0.4, -0.2) is 4.57 Å². The lowest BCUT2D eigenvalue weighted by molar-refractivity contribution is 1.08. The first-order valence-electron chi connectivity index (χ1n) is 6.16. The highest BCUT2D eigenvalue weighted by molar-refractivity contribution is 6.33. The maximum Gasteiger partial charge on any atom is 0.193 e. The minimum atomic E-state index is -0.0473. The highest BCUT2D eigenvalue weighted by Gasteiger charge is 2.14. The van der Waals surface area contributed by atoms with Gasteiger partial charge in [0.05, 0.1) is 16.2 Å². The summed E-state index contributed by atoms with van der Waals surface area (Å²) in [5.41, 5.74) is 1.99. The molecule has 0 saturated heterocycles. The van der Waals surface area contributed by atoms with E-state index >= 15 is 0 Å². The normalized spacial score (nSPS) is 10.9. The van der Waals surface area contributed by atoms with Gasteiger partial charge < -0.3 is 0 Å². The second-order valence-electron chi connectivity index (χ2n) is 4.55. The van der Waals surface area contributed by atoms with Crippen molar-refractivity contribution in [1.82, 2.24) is 4.57 Å². The van der Waals surface area contributed by atoms with Crippen molar-refractivity contribution in [3.05, 3.63) is 74.5 Å². The zero-order chi connectivity index (χ0) is 14.3. The zero-order valence-electron chi connectivity index (χ0n) is 10.7. The van der Waals surface area contributed by atoms with E-state index in [1.54, 1.807) is 19.1 Å². The molecule has 4 heteroatoms. The molecule has 0 fully saturated rings. The molecule has 0 N–H and O–H groups in total. The summed E-state index contributed by atoms with van der Waals surface area (Å²) in [4.78, 5) is 12.3. The van der Waals surface area contributed by atoms with E-state index in [4.69, 9.17) is 23.2 Å². The van der Waals surface area contributed by atoms with Gasteiger partial charge in [-0.1, -0.05) is 47.5 Å². The van der Waals surface area contributed by atoms with E-state index in [0.29, 0.717) is 21.1 Å². The van der Waals surface area contributed by atoms with Crippen LogP contribution in [0.2, 0.25) is 10.2 Å². The lowest BCUT2D eigenvalue weighted by Gasteiger charge is -2.16. The topological polar surface area (TPSA) is 22.0 Å². The molecule has 0 aliphatic heterocycles. The van der Waals surface area contributed by atoms with Crippen LogP contribution >= 0.6 is 23.2 Å². The van der Waals surface area contributed by atoms with Gasteiger partial charge in [0.2, 0.25) is 0 Å². The third-order valence-electron chi connectivity index (χ3n) is 3.33. The van der Waals surface area contributed by atoms with Crippen LogP contribution in [0.25, 0.3) is 16.6 Å². The fraction of sp³-hybridized carbons (Fsp3) is 0.0625. The van der Waals surface area contributed by atoms with Crippen LogP contribution in [0, 0.1) is 6.92 Å². The quantitative estimate of drug-likeness (QED) is 0.602. The summed E-state index contributed by atoms with van der Waals surface area (Å²) in [5.74, 6) is 0. The Morgan fingerprint density at radius 1 is 0.950 bits per heavy atom. The maximum absolute atomic E-state index is 12.3. The second kappa shape index (κ2) is 4.97. The first-order chi connectivity index (χ1) is 9.61. The molecule has 0 amide bonds. The first-order valence-corrected chi connectivity index (χ1v) is 6.91. The fourth-order valence-electron chi connectivity index (χ4n) is 2.30. The summed E-state index contributed by atoms with van der Waals surface area (Å²) in [6.45, 7) is 1.73. The summed E-state index contributed by atoms with van der Waals surface area (Å²) < 4.78 is 1.82. The van der Waals surface area contributed by atoms with Crippen molar-refractivity contribution >= 4 is 34.1 Å². The molecule has 3 aromatic rings. The highest BCUT2D eigenvalue weighted by Crippen LogP contribution is 2.28. The lowest BCUT2D eigenvalue weighted by Crippen LogP contribution is -2.13. The van der Waals surface area contributed by atoms with Crippen molar-refractivity contribution in [1.29, 1.82) is 0 Å². The van der Waals surface area contributed by atoms with Crippen molar-refractivity contribution in [3.8, 4) is 5.69 Å². The molecule has 0 bridgehead atoms. The standard InChI is InChI=1S/C16H11Cl2NO/c1-10-15(20)11-6-2-4-8-13(11)19(16(10)18)14-9-5-3-7-12(14)17/h2-9H,1H3. The Hall–Kier alpha value is -1.77. The Morgan fingerprint density at radius 3 is 2.35 bits per heavy atom. The molecule has 100 valence electrons. The minimum Gasteiger partial charge on any atom is -0.298 e. The summed E-state index contributed by atoms with van der Waals surface area (Å²) in [5, 5.41) is 1.61. The number of benzene rings is 2. The van der Waals surface area contributed by atoms with Gasteiger partial charge in [0.1, 0.15) is 5.15 Å². The number of para-hydroxylation sites is 2. The molecule has 2 aromatic carbocycles. The van der Waals surface area contributed by atoms with Gasteiger partial charge in [0.25, 0.3) is 0 Å². The molecular weight excluding hydrogens is 293 g/mol. The first kappa shape index (κ1) is 13.2. The molecule has 0 aliphatic rings. The Labute approximate surface area is 126 Å². The number of hydrogen-bond donors (Lipinski definition) is 0. The average Bonchev–Trinajstić information content (AvgIpc) is 2.47. The van der Waals surface area contributed by atoms with Gasteiger partial charge >= 0.3 is 0 Å². The van der Waals surface area contributed by atoms with Gasteiger partial charge in [0.15, 0.2) is 5.43 Å². The van der Waals surface area contributed by atoms with Crippen LogP contribution in [0.1, 0.15) is 5.56 Å². The number of nitrogens with zero attached hydrogens (tertiary/aromatic N) is 1. The van der Waals surface area contributed by atoms with Crippen molar-refractivity contribution < 1.29 is 0 Å². The zero-order valence-corrected chi connectivity index (χ0v) is 12.2. The van der Waals surface area contributed by atoms with E-state index in [1.807, 2.05) is 41.0 Å². The van der Waals surface area contributed by atoms with Crippen molar-refractivity contribution in [2.75, 3.05) is 0 Å². The monoisotopic (exact) mass is 303 g/mol. The van der Waals surface area contributed by atoms with E-state index in [0.717, 1.165) is 11.2 Å². The fourth-order valence-corrected chi connectivity index (χ4v) is 2.79. The molecule has 0 spiro atoms. The number of pyridine rings is 1. The van der Waals surface area contributed by atoms with Crippen LogP contribution in [0.15, 0.2) is 53.3 Å². The Balaban J connectivity index is 2.54. The van der Waals surface area contributed by atoms with Gasteiger partial charge in [-0.2, -0.15) is 0 Å². The van der Waals surface area contributed by atoms with Crippen LogP contribution in [-0.2, 0) is 0 Å². The van der Waals surface area contributed by atoms with Gasteiger partial charge in [-0.25, -0.2) is 0 Å². The van der Waals surface area contributed by atoms with Gasteiger partial charge in [-0.05, 0) is 31.2 Å². The highest BCUT2D eigenvalue weighted by atomic mass is 35.5. The second-order valence-corrected chi connectivity index (χ2v) is 5.31. The molecule has 0 aliphatic carbocycles. The molecule has 0 saturated carbocycles. The molecule has 1 aromatic heterocycles. The molecule has 0 atom stereocenters.